The quantitative estimate of drug-likeness (QED) is 0.838. The normalized spacial score (nSPS) is 26.4. The van der Waals surface area contributed by atoms with E-state index in [1.165, 1.54) is 0 Å². The Labute approximate surface area is 102 Å². The summed E-state index contributed by atoms with van der Waals surface area (Å²) < 4.78 is 0. The number of aliphatic hydroxyl groups excluding tert-OH is 1. The van der Waals surface area contributed by atoms with Gasteiger partial charge in [0.1, 0.15) is 12.1 Å². The fraction of sp³-hybridized carbons (Fsp3) is 0.692. The van der Waals surface area contributed by atoms with Crippen molar-refractivity contribution in [1.29, 1.82) is 0 Å². The Morgan fingerprint density at radius 2 is 2.24 bits per heavy atom. The van der Waals surface area contributed by atoms with Crippen LogP contribution < -0.4 is 5.32 Å². The molecule has 2 N–H and O–H groups in total. The molecule has 4 nitrogen and oxygen atoms in total. The summed E-state index contributed by atoms with van der Waals surface area (Å²) in [4.78, 5) is 8.46. The molecular weight excluding hydrogens is 214 g/mol. The maximum Gasteiger partial charge on any atom is 0.129 e. The van der Waals surface area contributed by atoms with Crippen LogP contribution in [0.2, 0.25) is 0 Å². The van der Waals surface area contributed by atoms with Gasteiger partial charge < -0.3 is 10.4 Å². The molecule has 4 heteroatoms. The van der Waals surface area contributed by atoms with Gasteiger partial charge in [-0.05, 0) is 12.8 Å². The van der Waals surface area contributed by atoms with Gasteiger partial charge in [0.25, 0.3) is 0 Å². The SMILES string of the molecule is CCCc1cc(NC2CC(O)C2(C)C)ncn1. The first-order chi connectivity index (χ1) is 8.04. The first-order valence-corrected chi connectivity index (χ1v) is 6.29. The van der Waals surface area contributed by atoms with Crippen molar-refractivity contribution in [1.82, 2.24) is 9.97 Å². The molecule has 2 atom stereocenters. The molecule has 1 saturated carbocycles. The monoisotopic (exact) mass is 235 g/mol. The van der Waals surface area contributed by atoms with Gasteiger partial charge in [-0.15, -0.1) is 0 Å². The summed E-state index contributed by atoms with van der Waals surface area (Å²) in [6.07, 6.45) is 4.25. The second kappa shape index (κ2) is 4.61. The molecule has 2 rings (SSSR count). The second-order valence-corrected chi connectivity index (χ2v) is 5.41. The average Bonchev–Trinajstić information content (AvgIpc) is 2.30. The van der Waals surface area contributed by atoms with Crippen molar-refractivity contribution in [3.8, 4) is 0 Å². The van der Waals surface area contributed by atoms with Crippen molar-refractivity contribution < 1.29 is 5.11 Å². The Bertz CT molecular complexity index is 392. The lowest BCUT2D eigenvalue weighted by Gasteiger charge is -2.49. The number of nitrogens with one attached hydrogen (secondary N) is 1. The molecule has 0 bridgehead atoms. The molecule has 0 aliphatic heterocycles. The minimum Gasteiger partial charge on any atom is -0.392 e. The predicted molar refractivity (Wildman–Crippen MR) is 67.8 cm³/mol. The van der Waals surface area contributed by atoms with Crippen molar-refractivity contribution in [2.45, 2.75) is 52.2 Å². The summed E-state index contributed by atoms with van der Waals surface area (Å²) in [7, 11) is 0. The molecule has 17 heavy (non-hydrogen) atoms. The lowest BCUT2D eigenvalue weighted by Crippen LogP contribution is -2.57. The van der Waals surface area contributed by atoms with Gasteiger partial charge in [0, 0.05) is 23.2 Å². The second-order valence-electron chi connectivity index (χ2n) is 5.41. The summed E-state index contributed by atoms with van der Waals surface area (Å²) in [6.45, 7) is 6.29. The Hall–Kier alpha value is -1.16. The van der Waals surface area contributed by atoms with Crippen LogP contribution >= 0.6 is 0 Å². The molecule has 1 aromatic rings. The van der Waals surface area contributed by atoms with E-state index in [2.05, 4.69) is 36.1 Å². The molecular formula is C13H21N3O. The molecule has 1 aliphatic carbocycles. The number of nitrogens with zero attached hydrogens (tertiary/aromatic N) is 2. The molecule has 0 aromatic carbocycles. The Morgan fingerprint density at radius 3 is 2.82 bits per heavy atom. The van der Waals surface area contributed by atoms with Crippen LogP contribution in [-0.2, 0) is 6.42 Å². The van der Waals surface area contributed by atoms with Crippen LogP contribution in [0.4, 0.5) is 5.82 Å². The third-order valence-electron chi connectivity index (χ3n) is 3.77. The summed E-state index contributed by atoms with van der Waals surface area (Å²) in [5.74, 6) is 0.869. The fourth-order valence-electron chi connectivity index (χ4n) is 2.20. The van der Waals surface area contributed by atoms with Gasteiger partial charge >= 0.3 is 0 Å². The van der Waals surface area contributed by atoms with E-state index in [0.717, 1.165) is 30.8 Å². The van der Waals surface area contributed by atoms with Crippen LogP contribution in [0.25, 0.3) is 0 Å². The molecule has 0 radical (unpaired) electrons. The number of hydrogen-bond donors (Lipinski definition) is 2. The van der Waals surface area contributed by atoms with Gasteiger partial charge in [-0.25, -0.2) is 9.97 Å². The van der Waals surface area contributed by atoms with Crippen molar-refractivity contribution in [3.05, 3.63) is 18.1 Å². The van der Waals surface area contributed by atoms with Gasteiger partial charge in [0.2, 0.25) is 0 Å². The standard InChI is InChI=1S/C13H21N3O/c1-4-5-9-6-12(15-8-14-9)16-10-7-11(17)13(10,2)3/h6,8,10-11,17H,4-5,7H2,1-3H3,(H,14,15,16). The number of hydrogen-bond acceptors (Lipinski definition) is 4. The van der Waals surface area contributed by atoms with Crippen molar-refractivity contribution >= 4 is 5.82 Å². The molecule has 1 aliphatic rings. The zero-order valence-electron chi connectivity index (χ0n) is 10.8. The van der Waals surface area contributed by atoms with Gasteiger partial charge in [-0.3, -0.25) is 0 Å². The predicted octanol–water partition coefficient (Wildman–Crippen LogP) is 2.00. The fourth-order valence-corrected chi connectivity index (χ4v) is 2.20. The zero-order chi connectivity index (χ0) is 12.5. The molecule has 94 valence electrons. The minimum absolute atomic E-state index is 0.0735. The van der Waals surface area contributed by atoms with Crippen LogP contribution in [0.5, 0.6) is 0 Å². The summed E-state index contributed by atoms with van der Waals surface area (Å²) in [6, 6.07) is 2.30. The minimum atomic E-state index is -0.211. The van der Waals surface area contributed by atoms with Gasteiger partial charge in [-0.1, -0.05) is 27.2 Å². The van der Waals surface area contributed by atoms with Crippen LogP contribution in [0, 0.1) is 5.41 Å². The molecule has 0 saturated heterocycles. The third-order valence-corrected chi connectivity index (χ3v) is 3.77. The van der Waals surface area contributed by atoms with E-state index in [-0.39, 0.29) is 11.5 Å². The van der Waals surface area contributed by atoms with Crippen LogP contribution in [-0.4, -0.2) is 27.2 Å². The summed E-state index contributed by atoms with van der Waals surface area (Å²) in [5, 5.41) is 13.1. The largest absolute Gasteiger partial charge is 0.392 e. The summed E-state index contributed by atoms with van der Waals surface area (Å²) in [5.41, 5.74) is 0.998. The molecule has 1 fully saturated rings. The molecule has 2 unspecified atom stereocenters. The first-order valence-electron chi connectivity index (χ1n) is 6.29. The maximum atomic E-state index is 9.69. The van der Waals surface area contributed by atoms with E-state index < -0.39 is 0 Å². The van der Waals surface area contributed by atoms with Gasteiger partial charge in [-0.2, -0.15) is 0 Å². The Morgan fingerprint density at radius 1 is 1.47 bits per heavy atom. The zero-order valence-corrected chi connectivity index (χ0v) is 10.8. The number of aromatic nitrogens is 2. The highest BCUT2D eigenvalue weighted by atomic mass is 16.3. The number of rotatable bonds is 4. The number of aliphatic hydroxyl groups is 1. The lowest BCUT2D eigenvalue weighted by atomic mass is 9.64. The van der Waals surface area contributed by atoms with E-state index in [0.29, 0.717) is 6.04 Å². The third kappa shape index (κ3) is 2.41. The van der Waals surface area contributed by atoms with Crippen molar-refractivity contribution in [2.24, 2.45) is 5.41 Å². The Balaban J connectivity index is 2.02. The topological polar surface area (TPSA) is 58.0 Å². The van der Waals surface area contributed by atoms with Crippen molar-refractivity contribution in [3.63, 3.8) is 0 Å². The number of aryl methyl sites for hydroxylation is 1. The van der Waals surface area contributed by atoms with Gasteiger partial charge in [0.05, 0.1) is 6.10 Å². The smallest absolute Gasteiger partial charge is 0.129 e. The highest BCUT2D eigenvalue weighted by Gasteiger charge is 2.47. The summed E-state index contributed by atoms with van der Waals surface area (Å²) >= 11 is 0. The maximum absolute atomic E-state index is 9.69. The number of anilines is 1. The highest BCUT2D eigenvalue weighted by Crippen LogP contribution is 2.41. The first kappa shape index (κ1) is 12.3. The molecule has 1 aromatic heterocycles. The Kier molecular flexibility index (Phi) is 3.33. The van der Waals surface area contributed by atoms with Crippen LogP contribution in [0.3, 0.4) is 0 Å². The van der Waals surface area contributed by atoms with Crippen LogP contribution in [0.15, 0.2) is 12.4 Å². The molecule has 0 spiro atoms. The molecule has 1 heterocycles. The van der Waals surface area contributed by atoms with E-state index in [9.17, 15) is 5.11 Å². The average molecular weight is 235 g/mol. The van der Waals surface area contributed by atoms with Crippen molar-refractivity contribution in [2.75, 3.05) is 5.32 Å². The highest BCUT2D eigenvalue weighted by molar-refractivity contribution is 5.38. The van der Waals surface area contributed by atoms with E-state index in [1.807, 2.05) is 6.07 Å². The van der Waals surface area contributed by atoms with E-state index in [1.54, 1.807) is 6.33 Å². The molecule has 0 amide bonds. The van der Waals surface area contributed by atoms with E-state index in [4.69, 9.17) is 0 Å². The van der Waals surface area contributed by atoms with Gasteiger partial charge in [0.15, 0.2) is 0 Å². The van der Waals surface area contributed by atoms with E-state index >= 15 is 0 Å². The lowest BCUT2D eigenvalue weighted by molar-refractivity contribution is -0.0511. The van der Waals surface area contributed by atoms with Crippen LogP contribution in [0.1, 0.15) is 39.3 Å².